The molecule has 1 atom stereocenters. The van der Waals surface area contributed by atoms with Gasteiger partial charge in [-0.15, -0.1) is 0 Å². The predicted octanol–water partition coefficient (Wildman–Crippen LogP) is 2.40. The molecule has 0 aliphatic carbocycles. The molecule has 0 bridgehead atoms. The van der Waals surface area contributed by atoms with E-state index < -0.39 is 12.7 Å². The lowest BCUT2D eigenvalue weighted by atomic mass is 10.2. The van der Waals surface area contributed by atoms with E-state index >= 15 is 0 Å². The van der Waals surface area contributed by atoms with E-state index in [0.717, 1.165) is 13.1 Å². The maximum Gasteiger partial charge on any atom is 0.387 e. The monoisotopic (exact) mass is 288 g/mol. The molecule has 6 heteroatoms. The Morgan fingerprint density at radius 3 is 2.50 bits per heavy atom. The first kappa shape index (κ1) is 16.7. The molecule has 0 heterocycles. The number of para-hydroxylation sites is 2. The Labute approximate surface area is 118 Å². The third-order valence-corrected chi connectivity index (χ3v) is 2.99. The quantitative estimate of drug-likeness (QED) is 0.732. The Kier molecular flexibility index (Phi) is 7.25. The average molecular weight is 288 g/mol. The number of alkyl halides is 2. The molecule has 1 unspecified atom stereocenters. The average Bonchev–Trinajstić information content (AvgIpc) is 2.43. The summed E-state index contributed by atoms with van der Waals surface area (Å²) in [5.74, 6) is 0.0811. The van der Waals surface area contributed by atoms with Crippen molar-refractivity contribution in [3.05, 3.63) is 24.3 Å². The van der Waals surface area contributed by atoms with Gasteiger partial charge in [0.1, 0.15) is 5.75 Å². The number of anilines is 1. The zero-order valence-corrected chi connectivity index (χ0v) is 11.9. The molecule has 0 saturated carbocycles. The lowest BCUT2D eigenvalue weighted by molar-refractivity contribution is -0.0493. The van der Waals surface area contributed by atoms with Gasteiger partial charge in [-0.05, 0) is 25.2 Å². The highest BCUT2D eigenvalue weighted by Gasteiger charge is 2.12. The van der Waals surface area contributed by atoms with Crippen LogP contribution >= 0.6 is 0 Å². The third-order valence-electron chi connectivity index (χ3n) is 2.99. The van der Waals surface area contributed by atoms with Crippen molar-refractivity contribution in [3.63, 3.8) is 0 Å². The molecule has 0 aliphatic heterocycles. The summed E-state index contributed by atoms with van der Waals surface area (Å²) in [6.45, 7) is 3.72. The minimum atomic E-state index is -2.86. The van der Waals surface area contributed by atoms with Crippen LogP contribution in [0, 0.1) is 0 Å². The molecule has 0 spiro atoms. The second kappa shape index (κ2) is 8.71. The highest BCUT2D eigenvalue weighted by Crippen LogP contribution is 2.25. The lowest BCUT2D eigenvalue weighted by Crippen LogP contribution is -2.36. The van der Waals surface area contributed by atoms with Crippen LogP contribution in [0.15, 0.2) is 24.3 Å². The van der Waals surface area contributed by atoms with Crippen molar-refractivity contribution in [2.75, 3.05) is 31.5 Å². The van der Waals surface area contributed by atoms with E-state index in [1.54, 1.807) is 18.2 Å². The van der Waals surface area contributed by atoms with E-state index in [9.17, 15) is 13.9 Å². The van der Waals surface area contributed by atoms with Gasteiger partial charge in [0.2, 0.25) is 0 Å². The molecule has 20 heavy (non-hydrogen) atoms. The van der Waals surface area contributed by atoms with Gasteiger partial charge in [-0.2, -0.15) is 8.78 Å². The van der Waals surface area contributed by atoms with Crippen LogP contribution in [0.3, 0.4) is 0 Å². The van der Waals surface area contributed by atoms with Crippen LogP contribution in [0.2, 0.25) is 0 Å². The zero-order valence-electron chi connectivity index (χ0n) is 11.9. The number of likely N-dealkylation sites (N-methyl/N-ethyl adjacent to an activating group) is 1. The topological polar surface area (TPSA) is 44.7 Å². The van der Waals surface area contributed by atoms with Gasteiger partial charge in [0, 0.05) is 13.1 Å². The minimum absolute atomic E-state index is 0.0811. The van der Waals surface area contributed by atoms with Crippen LogP contribution in [0.4, 0.5) is 14.5 Å². The number of nitrogens with zero attached hydrogens (tertiary/aromatic N) is 1. The van der Waals surface area contributed by atoms with E-state index in [0.29, 0.717) is 12.2 Å². The molecular weight excluding hydrogens is 266 g/mol. The number of halogens is 2. The second-order valence-corrected chi connectivity index (χ2v) is 4.40. The van der Waals surface area contributed by atoms with Crippen molar-refractivity contribution < 1.29 is 18.6 Å². The van der Waals surface area contributed by atoms with E-state index in [-0.39, 0.29) is 12.3 Å². The van der Waals surface area contributed by atoms with E-state index in [2.05, 4.69) is 15.0 Å². The first-order valence-electron chi connectivity index (χ1n) is 6.74. The number of aliphatic hydroxyl groups excluding tert-OH is 1. The normalized spacial score (nSPS) is 12.8. The smallest absolute Gasteiger partial charge is 0.387 e. The molecule has 1 aromatic rings. The van der Waals surface area contributed by atoms with Gasteiger partial charge in [-0.1, -0.05) is 26.0 Å². The summed E-state index contributed by atoms with van der Waals surface area (Å²) < 4.78 is 28.9. The SMILES string of the molecule is CCN(CC)CC(O)CNc1ccccc1OC(F)F. The summed E-state index contributed by atoms with van der Waals surface area (Å²) in [6, 6.07) is 6.44. The standard InChI is InChI=1S/C14H22F2N2O2/c1-3-18(4-2)10-11(19)9-17-12-7-5-6-8-13(12)20-14(15)16/h5-8,11,14,17,19H,3-4,9-10H2,1-2H3. The minimum Gasteiger partial charge on any atom is -0.433 e. The number of benzene rings is 1. The van der Waals surface area contributed by atoms with Gasteiger partial charge < -0.3 is 20.1 Å². The Morgan fingerprint density at radius 2 is 1.90 bits per heavy atom. The summed E-state index contributed by atoms with van der Waals surface area (Å²) in [5, 5.41) is 12.9. The van der Waals surface area contributed by atoms with Gasteiger partial charge in [-0.25, -0.2) is 0 Å². The van der Waals surface area contributed by atoms with Gasteiger partial charge in [0.05, 0.1) is 11.8 Å². The van der Waals surface area contributed by atoms with Crippen molar-refractivity contribution in [3.8, 4) is 5.75 Å². The fraction of sp³-hybridized carbons (Fsp3) is 0.571. The zero-order chi connectivity index (χ0) is 15.0. The first-order chi connectivity index (χ1) is 9.56. The number of ether oxygens (including phenoxy) is 1. The van der Waals surface area contributed by atoms with Crippen LogP contribution in [0.5, 0.6) is 5.75 Å². The largest absolute Gasteiger partial charge is 0.433 e. The number of aliphatic hydroxyl groups is 1. The summed E-state index contributed by atoms with van der Waals surface area (Å²) in [7, 11) is 0. The van der Waals surface area contributed by atoms with E-state index in [4.69, 9.17) is 0 Å². The van der Waals surface area contributed by atoms with Crippen molar-refractivity contribution in [1.29, 1.82) is 0 Å². The lowest BCUT2D eigenvalue weighted by Gasteiger charge is -2.22. The molecule has 114 valence electrons. The number of rotatable bonds is 9. The predicted molar refractivity (Wildman–Crippen MR) is 75.4 cm³/mol. The van der Waals surface area contributed by atoms with Crippen LogP contribution in [0.1, 0.15) is 13.8 Å². The van der Waals surface area contributed by atoms with Crippen molar-refractivity contribution in [2.45, 2.75) is 26.6 Å². The fourth-order valence-electron chi connectivity index (χ4n) is 1.88. The molecule has 4 nitrogen and oxygen atoms in total. The highest BCUT2D eigenvalue weighted by atomic mass is 19.3. The molecule has 0 fully saturated rings. The molecule has 1 rings (SSSR count). The Hall–Kier alpha value is -1.40. The second-order valence-electron chi connectivity index (χ2n) is 4.40. The van der Waals surface area contributed by atoms with Crippen LogP contribution < -0.4 is 10.1 Å². The number of nitrogens with one attached hydrogen (secondary N) is 1. The van der Waals surface area contributed by atoms with E-state index in [1.807, 2.05) is 13.8 Å². The van der Waals surface area contributed by atoms with Crippen LogP contribution in [-0.2, 0) is 0 Å². The Balaban J connectivity index is 2.52. The molecule has 0 radical (unpaired) electrons. The molecule has 0 aliphatic rings. The highest BCUT2D eigenvalue weighted by molar-refractivity contribution is 5.56. The molecular formula is C14H22F2N2O2. The first-order valence-corrected chi connectivity index (χ1v) is 6.74. The molecule has 0 aromatic heterocycles. The van der Waals surface area contributed by atoms with Crippen molar-refractivity contribution in [1.82, 2.24) is 4.90 Å². The van der Waals surface area contributed by atoms with Crippen molar-refractivity contribution in [2.24, 2.45) is 0 Å². The number of hydrogen-bond donors (Lipinski definition) is 2. The van der Waals surface area contributed by atoms with Gasteiger partial charge >= 0.3 is 6.61 Å². The molecule has 0 saturated heterocycles. The number of hydrogen-bond acceptors (Lipinski definition) is 4. The maximum atomic E-state index is 12.3. The third kappa shape index (κ3) is 5.71. The Morgan fingerprint density at radius 1 is 1.25 bits per heavy atom. The van der Waals surface area contributed by atoms with Gasteiger partial charge in [0.25, 0.3) is 0 Å². The summed E-state index contributed by atoms with van der Waals surface area (Å²) in [5.41, 5.74) is 0.450. The fourth-order valence-corrected chi connectivity index (χ4v) is 1.88. The van der Waals surface area contributed by atoms with Gasteiger partial charge in [0.15, 0.2) is 0 Å². The van der Waals surface area contributed by atoms with Crippen LogP contribution in [-0.4, -0.2) is 48.9 Å². The summed E-state index contributed by atoms with van der Waals surface area (Å²) in [6.07, 6.45) is -0.575. The summed E-state index contributed by atoms with van der Waals surface area (Å²) >= 11 is 0. The summed E-state index contributed by atoms with van der Waals surface area (Å²) in [4.78, 5) is 2.09. The molecule has 0 amide bonds. The Bertz CT molecular complexity index is 387. The van der Waals surface area contributed by atoms with Crippen molar-refractivity contribution >= 4 is 5.69 Å². The van der Waals surface area contributed by atoms with Crippen LogP contribution in [0.25, 0.3) is 0 Å². The molecule has 2 N–H and O–H groups in total. The van der Waals surface area contributed by atoms with Gasteiger partial charge in [-0.3, -0.25) is 0 Å². The van der Waals surface area contributed by atoms with E-state index in [1.165, 1.54) is 6.07 Å². The maximum absolute atomic E-state index is 12.3. The molecule has 1 aromatic carbocycles.